The zero-order valence-electron chi connectivity index (χ0n) is 21.4. The molecule has 1 aliphatic rings. The van der Waals surface area contributed by atoms with Gasteiger partial charge in [-0.1, -0.05) is 31.4 Å². The van der Waals surface area contributed by atoms with Crippen LogP contribution in [-0.2, 0) is 4.79 Å². The monoisotopic (exact) mass is 516 g/mol. The Morgan fingerprint density at radius 3 is 2.79 bits per heavy atom. The van der Waals surface area contributed by atoms with Crippen molar-refractivity contribution in [2.45, 2.75) is 38.5 Å². The van der Waals surface area contributed by atoms with Crippen molar-refractivity contribution in [2.24, 2.45) is 5.92 Å². The van der Waals surface area contributed by atoms with E-state index in [-0.39, 0.29) is 5.91 Å². The lowest BCUT2D eigenvalue weighted by molar-refractivity contribution is -0.117. The van der Waals surface area contributed by atoms with E-state index in [2.05, 4.69) is 43.7 Å². The zero-order valence-corrected chi connectivity index (χ0v) is 21.4. The Morgan fingerprint density at radius 2 is 1.92 bits per heavy atom. The number of anilines is 1. The van der Waals surface area contributed by atoms with Crippen LogP contribution in [0.15, 0.2) is 77.9 Å². The molecule has 5 aromatic heterocycles. The van der Waals surface area contributed by atoms with Gasteiger partial charge in [0, 0.05) is 34.6 Å². The third-order valence-electron chi connectivity index (χ3n) is 7.68. The number of nitrogens with zero attached hydrogens (tertiary/aromatic N) is 3. The van der Waals surface area contributed by atoms with Gasteiger partial charge in [-0.2, -0.15) is 5.10 Å². The summed E-state index contributed by atoms with van der Waals surface area (Å²) in [5.74, 6) is 0.536. The quantitative estimate of drug-likeness (QED) is 0.214. The van der Waals surface area contributed by atoms with Crippen LogP contribution in [0.1, 0.15) is 38.5 Å². The second-order valence-corrected chi connectivity index (χ2v) is 10.3. The number of aromatic amines is 2. The van der Waals surface area contributed by atoms with Crippen LogP contribution < -0.4 is 5.32 Å². The van der Waals surface area contributed by atoms with E-state index in [0.29, 0.717) is 18.0 Å². The van der Waals surface area contributed by atoms with Crippen LogP contribution in [0.4, 0.5) is 5.69 Å². The minimum atomic E-state index is 0.0509. The van der Waals surface area contributed by atoms with Crippen LogP contribution in [0.3, 0.4) is 0 Å². The number of rotatable bonds is 6. The van der Waals surface area contributed by atoms with Gasteiger partial charge < -0.3 is 14.7 Å². The molecule has 0 aliphatic heterocycles. The minimum absolute atomic E-state index is 0.0509. The Labute approximate surface area is 224 Å². The van der Waals surface area contributed by atoms with Gasteiger partial charge in [-0.15, -0.1) is 0 Å². The number of furan rings is 1. The van der Waals surface area contributed by atoms with Crippen LogP contribution >= 0.6 is 0 Å². The molecule has 8 heteroatoms. The largest absolute Gasteiger partial charge is 0.472 e. The van der Waals surface area contributed by atoms with Gasteiger partial charge in [0.1, 0.15) is 11.2 Å². The van der Waals surface area contributed by atoms with E-state index in [0.717, 1.165) is 68.6 Å². The number of nitrogens with one attached hydrogen (secondary N) is 3. The highest BCUT2D eigenvalue weighted by molar-refractivity contribution is 6.00. The molecule has 1 aliphatic carbocycles. The summed E-state index contributed by atoms with van der Waals surface area (Å²) >= 11 is 0. The molecule has 1 fully saturated rings. The fraction of sp³-hybridized carbons (Fsp3) is 0.226. The molecular weight excluding hydrogens is 488 g/mol. The van der Waals surface area contributed by atoms with E-state index < -0.39 is 0 Å². The van der Waals surface area contributed by atoms with Gasteiger partial charge in [0.25, 0.3) is 0 Å². The number of carbonyl (C=O) groups excluding carboxylic acids is 1. The number of aromatic nitrogens is 5. The van der Waals surface area contributed by atoms with E-state index in [1.807, 2.05) is 30.3 Å². The lowest BCUT2D eigenvalue weighted by Crippen LogP contribution is -2.18. The third kappa shape index (κ3) is 4.58. The van der Waals surface area contributed by atoms with Crippen molar-refractivity contribution in [2.75, 3.05) is 5.32 Å². The summed E-state index contributed by atoms with van der Waals surface area (Å²) in [6.45, 7) is 0. The zero-order chi connectivity index (χ0) is 26.2. The number of pyridine rings is 2. The summed E-state index contributed by atoms with van der Waals surface area (Å²) in [6.07, 6.45) is 13.5. The molecule has 7 rings (SSSR count). The molecule has 8 nitrogen and oxygen atoms in total. The van der Waals surface area contributed by atoms with E-state index in [9.17, 15) is 4.79 Å². The first-order valence-corrected chi connectivity index (χ1v) is 13.5. The molecule has 194 valence electrons. The number of carbonyl (C=O) groups is 1. The van der Waals surface area contributed by atoms with Gasteiger partial charge in [-0.25, -0.2) is 4.98 Å². The van der Waals surface area contributed by atoms with Crippen molar-refractivity contribution in [3.8, 4) is 33.8 Å². The molecule has 0 spiro atoms. The summed E-state index contributed by atoms with van der Waals surface area (Å²) in [6, 6.07) is 16.1. The summed E-state index contributed by atoms with van der Waals surface area (Å²) in [5.41, 5.74) is 8.62. The summed E-state index contributed by atoms with van der Waals surface area (Å²) in [5, 5.41) is 11.8. The van der Waals surface area contributed by atoms with Crippen molar-refractivity contribution < 1.29 is 9.21 Å². The van der Waals surface area contributed by atoms with Crippen LogP contribution in [0.25, 0.3) is 55.7 Å². The Kier molecular flexibility index (Phi) is 5.92. The molecule has 39 heavy (non-hydrogen) atoms. The maximum Gasteiger partial charge on any atom is 0.224 e. The van der Waals surface area contributed by atoms with Crippen LogP contribution in [0.5, 0.6) is 0 Å². The molecule has 6 aromatic rings. The van der Waals surface area contributed by atoms with Gasteiger partial charge in [-0.05, 0) is 60.7 Å². The number of hydrogen-bond donors (Lipinski definition) is 3. The second kappa shape index (κ2) is 9.87. The molecule has 3 N–H and O–H groups in total. The first-order chi connectivity index (χ1) is 19.2. The van der Waals surface area contributed by atoms with Gasteiger partial charge >= 0.3 is 0 Å². The number of hydrogen-bond acceptors (Lipinski definition) is 5. The SMILES string of the molecule is O=C(CC1CCCCC1)Nc1cncc(-c2ccc3[nH]nc(-c4cc5c(-c6ccoc6)cccc5[nH]4)c3n2)c1. The van der Waals surface area contributed by atoms with Gasteiger partial charge in [0.05, 0.1) is 41.3 Å². The highest BCUT2D eigenvalue weighted by Gasteiger charge is 2.18. The van der Waals surface area contributed by atoms with E-state index >= 15 is 0 Å². The van der Waals surface area contributed by atoms with Crippen molar-refractivity contribution in [3.63, 3.8) is 0 Å². The van der Waals surface area contributed by atoms with Crippen molar-refractivity contribution in [3.05, 3.63) is 73.5 Å². The smallest absolute Gasteiger partial charge is 0.224 e. The lowest BCUT2D eigenvalue weighted by atomic mass is 9.87. The normalized spacial score (nSPS) is 14.3. The fourth-order valence-corrected chi connectivity index (χ4v) is 5.71. The van der Waals surface area contributed by atoms with Gasteiger partial charge in [-0.3, -0.25) is 14.9 Å². The maximum absolute atomic E-state index is 12.7. The molecule has 5 heterocycles. The van der Waals surface area contributed by atoms with Crippen LogP contribution in [-0.4, -0.2) is 31.1 Å². The Balaban J connectivity index is 1.19. The summed E-state index contributed by atoms with van der Waals surface area (Å²) in [7, 11) is 0. The summed E-state index contributed by atoms with van der Waals surface area (Å²) < 4.78 is 5.31. The first-order valence-electron chi connectivity index (χ1n) is 13.5. The molecule has 0 saturated heterocycles. The molecule has 0 unspecified atom stereocenters. The Morgan fingerprint density at radius 1 is 1.00 bits per heavy atom. The number of amides is 1. The average molecular weight is 517 g/mol. The predicted octanol–water partition coefficient (Wildman–Crippen LogP) is 7.34. The van der Waals surface area contributed by atoms with Crippen LogP contribution in [0.2, 0.25) is 0 Å². The average Bonchev–Trinajstić information content (AvgIpc) is 3.73. The topological polar surface area (TPSA) is 112 Å². The highest BCUT2D eigenvalue weighted by atomic mass is 16.3. The van der Waals surface area contributed by atoms with Crippen LogP contribution in [0, 0.1) is 5.92 Å². The van der Waals surface area contributed by atoms with Crippen molar-refractivity contribution >= 4 is 33.5 Å². The fourth-order valence-electron chi connectivity index (χ4n) is 5.71. The Hall–Kier alpha value is -4.72. The number of fused-ring (bicyclic) bond motifs is 2. The first kappa shape index (κ1) is 23.4. The standard InChI is InChI=1S/C31H28N6O2/c38-29(13-19-5-2-1-3-6-19)33-22-14-21(16-32-17-22)25-9-10-27-30(35-25)31(37-36-27)28-15-24-23(20-11-12-39-18-20)7-4-8-26(24)34-28/h4,7-12,14-19,34H,1-3,5-6,13H2,(H,33,38)(H,36,37). The molecular formula is C31H28N6O2. The molecule has 0 radical (unpaired) electrons. The van der Waals surface area contributed by atoms with Crippen molar-refractivity contribution in [1.29, 1.82) is 0 Å². The maximum atomic E-state index is 12.7. The second-order valence-electron chi connectivity index (χ2n) is 10.3. The molecule has 0 atom stereocenters. The third-order valence-corrected chi connectivity index (χ3v) is 7.68. The number of benzene rings is 1. The Bertz CT molecular complexity index is 1780. The molecule has 1 aromatic carbocycles. The van der Waals surface area contributed by atoms with E-state index in [4.69, 9.17) is 9.40 Å². The van der Waals surface area contributed by atoms with Crippen molar-refractivity contribution in [1.82, 2.24) is 25.1 Å². The molecule has 1 saturated carbocycles. The predicted molar refractivity (Wildman–Crippen MR) is 152 cm³/mol. The highest BCUT2D eigenvalue weighted by Crippen LogP contribution is 2.34. The molecule has 1 amide bonds. The molecule has 0 bridgehead atoms. The number of H-pyrrole nitrogens is 2. The lowest BCUT2D eigenvalue weighted by Gasteiger charge is -2.20. The van der Waals surface area contributed by atoms with Gasteiger partial charge in [0.2, 0.25) is 5.91 Å². The van der Waals surface area contributed by atoms with E-state index in [1.54, 1.807) is 24.9 Å². The van der Waals surface area contributed by atoms with E-state index in [1.165, 1.54) is 19.3 Å². The summed E-state index contributed by atoms with van der Waals surface area (Å²) in [4.78, 5) is 25.5. The van der Waals surface area contributed by atoms with Gasteiger partial charge in [0.15, 0.2) is 0 Å². The minimum Gasteiger partial charge on any atom is -0.472 e.